The maximum Gasteiger partial charge on any atom is 0.328 e. The topological polar surface area (TPSA) is 124 Å². The predicted octanol–water partition coefficient (Wildman–Crippen LogP) is 10.7. The van der Waals surface area contributed by atoms with Gasteiger partial charge in [-0.05, 0) is 87.5 Å². The summed E-state index contributed by atoms with van der Waals surface area (Å²) in [6.07, 6.45) is 24.3. The molecule has 0 aliphatic heterocycles. The molecule has 0 unspecified atom stereocenters. The molecule has 4 N–H and O–H groups in total. The maximum atomic E-state index is 9.55. The Morgan fingerprint density at radius 1 is 0.577 bits per heavy atom. The lowest BCUT2D eigenvalue weighted by molar-refractivity contribution is -0.134. The highest BCUT2D eigenvalue weighted by Crippen LogP contribution is 2.34. The lowest BCUT2D eigenvalue weighted by Crippen LogP contribution is -2.12. The Balaban J connectivity index is 0.000000193. The van der Waals surface area contributed by atoms with Gasteiger partial charge in [-0.25, -0.2) is 9.59 Å². The molecule has 8 heteroatoms. The molecule has 0 saturated heterocycles. The number of para-hydroxylation sites is 2. The Bertz CT molecular complexity index is 1620. The summed E-state index contributed by atoms with van der Waals surface area (Å²) in [6, 6.07) is 17.2. The second-order valence-corrected chi connectivity index (χ2v) is 14.0. The number of anilines is 2. The van der Waals surface area contributed by atoms with Crippen LogP contribution in [0.15, 0.2) is 60.7 Å². The van der Waals surface area contributed by atoms with Crippen molar-refractivity contribution < 1.29 is 19.8 Å². The van der Waals surface area contributed by atoms with E-state index < -0.39 is 11.9 Å². The fraction of sp³-hybridized carbons (Fsp3) is 0.500. The number of fused-ring (bicyclic) bond motifs is 4. The summed E-state index contributed by atoms with van der Waals surface area (Å²) in [6.45, 7) is 6.72. The molecule has 2 aliphatic rings. The van der Waals surface area contributed by atoms with E-state index in [2.05, 4.69) is 73.0 Å². The summed E-state index contributed by atoms with van der Waals surface area (Å²) in [5.74, 6) is -2.51. The Labute approximate surface area is 310 Å². The Hall–Kier alpha value is -4.46. The number of hydrogen-bond acceptors (Lipinski definition) is 6. The van der Waals surface area contributed by atoms with Crippen LogP contribution >= 0.6 is 0 Å². The smallest absolute Gasteiger partial charge is 0.328 e. The highest BCUT2D eigenvalue weighted by molar-refractivity contribution is 5.94. The molecule has 0 atom stereocenters. The summed E-state index contributed by atoms with van der Waals surface area (Å²) in [5.41, 5.74) is 10.7. The Kier molecular flexibility index (Phi) is 17.4. The molecule has 280 valence electrons. The van der Waals surface area contributed by atoms with Crippen molar-refractivity contribution in [2.24, 2.45) is 0 Å². The molecule has 4 aromatic rings. The van der Waals surface area contributed by atoms with Crippen LogP contribution in [0.4, 0.5) is 11.4 Å². The van der Waals surface area contributed by atoms with Gasteiger partial charge in [0.1, 0.15) is 0 Å². The number of nitrogens with one attached hydrogen (secondary N) is 2. The van der Waals surface area contributed by atoms with Crippen LogP contribution in [0.2, 0.25) is 0 Å². The number of unbranched alkanes of at least 4 members (excludes halogenated alkanes) is 8. The van der Waals surface area contributed by atoms with Crippen LogP contribution in [0.3, 0.4) is 0 Å². The fourth-order valence-corrected chi connectivity index (χ4v) is 7.18. The summed E-state index contributed by atoms with van der Waals surface area (Å²) < 4.78 is 0. The molecule has 2 aliphatic carbocycles. The second kappa shape index (κ2) is 22.5. The molecular formula is C44H60N4O4. The van der Waals surface area contributed by atoms with Crippen LogP contribution in [0.5, 0.6) is 0 Å². The van der Waals surface area contributed by atoms with Gasteiger partial charge < -0.3 is 20.8 Å². The molecule has 2 heterocycles. The van der Waals surface area contributed by atoms with Crippen LogP contribution in [-0.2, 0) is 35.3 Å². The first kappa shape index (κ1) is 40.3. The van der Waals surface area contributed by atoms with Crippen molar-refractivity contribution in [2.45, 2.75) is 129 Å². The lowest BCUT2D eigenvalue weighted by atomic mass is 9.92. The number of hydrogen-bond donors (Lipinski definition) is 4. The maximum absolute atomic E-state index is 9.55. The number of carboxylic acids is 2. The van der Waals surface area contributed by atoms with Gasteiger partial charge in [-0.1, -0.05) is 102 Å². The lowest BCUT2D eigenvalue weighted by Gasteiger charge is -2.21. The number of carbonyl (C=O) groups is 2. The Morgan fingerprint density at radius 2 is 0.962 bits per heavy atom. The van der Waals surface area contributed by atoms with Crippen molar-refractivity contribution in [1.82, 2.24) is 9.97 Å². The van der Waals surface area contributed by atoms with Crippen molar-refractivity contribution in [2.75, 3.05) is 23.7 Å². The van der Waals surface area contributed by atoms with Crippen LogP contribution in [-0.4, -0.2) is 45.2 Å². The quantitative estimate of drug-likeness (QED) is 0.0670. The SMILES string of the molecule is CCCCCCCNc1c2c(nc3ccccc13)CCCC2.CCCCCCCNc1c2c(nc3ccccc13)CCCC2.O=C(O)/C=C/C(=O)O. The first-order valence-corrected chi connectivity index (χ1v) is 19.9. The zero-order valence-corrected chi connectivity index (χ0v) is 31.5. The van der Waals surface area contributed by atoms with Gasteiger partial charge >= 0.3 is 11.9 Å². The molecule has 0 bridgehead atoms. The first-order chi connectivity index (χ1) is 25.4. The molecule has 2 aromatic carbocycles. The number of aliphatic carboxylic acids is 2. The van der Waals surface area contributed by atoms with E-state index in [1.807, 2.05) is 0 Å². The van der Waals surface area contributed by atoms with E-state index in [4.69, 9.17) is 20.2 Å². The van der Waals surface area contributed by atoms with Crippen molar-refractivity contribution in [3.05, 3.63) is 83.2 Å². The van der Waals surface area contributed by atoms with E-state index in [0.29, 0.717) is 12.2 Å². The van der Waals surface area contributed by atoms with E-state index in [0.717, 1.165) is 37.0 Å². The van der Waals surface area contributed by atoms with E-state index in [1.54, 1.807) is 0 Å². The van der Waals surface area contributed by atoms with Gasteiger partial charge in [0.25, 0.3) is 0 Å². The minimum absolute atomic E-state index is 0.558. The third-order valence-electron chi connectivity index (χ3n) is 9.87. The summed E-state index contributed by atoms with van der Waals surface area (Å²) in [4.78, 5) is 28.9. The van der Waals surface area contributed by atoms with Crippen LogP contribution < -0.4 is 10.6 Å². The average molecular weight is 709 g/mol. The average Bonchev–Trinajstić information content (AvgIpc) is 3.16. The monoisotopic (exact) mass is 708 g/mol. The molecule has 6 rings (SSSR count). The van der Waals surface area contributed by atoms with Crippen molar-refractivity contribution in [3.63, 3.8) is 0 Å². The summed E-state index contributed by atoms with van der Waals surface area (Å²) >= 11 is 0. The number of pyridine rings is 2. The second-order valence-electron chi connectivity index (χ2n) is 14.0. The van der Waals surface area contributed by atoms with Crippen LogP contribution in [0, 0.1) is 0 Å². The van der Waals surface area contributed by atoms with Gasteiger partial charge in [-0.2, -0.15) is 0 Å². The molecule has 0 radical (unpaired) electrons. The number of rotatable bonds is 16. The molecule has 0 fully saturated rings. The van der Waals surface area contributed by atoms with E-state index in [-0.39, 0.29) is 0 Å². The number of aromatic nitrogens is 2. The number of aryl methyl sites for hydroxylation is 2. The van der Waals surface area contributed by atoms with Crippen LogP contribution in [0.1, 0.15) is 126 Å². The van der Waals surface area contributed by atoms with Crippen molar-refractivity contribution >= 4 is 45.1 Å². The third-order valence-corrected chi connectivity index (χ3v) is 9.87. The zero-order valence-electron chi connectivity index (χ0n) is 31.5. The Morgan fingerprint density at radius 3 is 1.37 bits per heavy atom. The van der Waals surface area contributed by atoms with Crippen LogP contribution in [0.25, 0.3) is 21.8 Å². The fourth-order valence-electron chi connectivity index (χ4n) is 7.18. The normalized spacial score (nSPS) is 13.3. The van der Waals surface area contributed by atoms with E-state index in [1.165, 1.54) is 147 Å². The number of benzene rings is 2. The standard InChI is InChI=1S/2C20H28N2.C4H4O4/c2*1-2-3-4-5-10-15-21-20-16-11-6-8-13-18(16)22-19-14-9-7-12-17(19)20;5-3(6)1-2-4(7)8/h2*6,8,11,13H,2-5,7,9-10,12,14-15H2,1H3,(H,21,22);1-2H,(H,5,6)(H,7,8)/b;;2-1+. The minimum atomic E-state index is -1.26. The van der Waals surface area contributed by atoms with Crippen molar-refractivity contribution in [3.8, 4) is 0 Å². The molecule has 52 heavy (non-hydrogen) atoms. The first-order valence-electron chi connectivity index (χ1n) is 19.9. The van der Waals surface area contributed by atoms with Gasteiger partial charge in [0.05, 0.1) is 11.0 Å². The summed E-state index contributed by atoms with van der Waals surface area (Å²) in [7, 11) is 0. The molecule has 2 aromatic heterocycles. The van der Waals surface area contributed by atoms with Gasteiger partial charge in [0.2, 0.25) is 0 Å². The van der Waals surface area contributed by atoms with E-state index >= 15 is 0 Å². The predicted molar refractivity (Wildman–Crippen MR) is 216 cm³/mol. The largest absolute Gasteiger partial charge is 0.478 e. The molecular weight excluding hydrogens is 649 g/mol. The van der Waals surface area contributed by atoms with E-state index in [9.17, 15) is 9.59 Å². The summed E-state index contributed by atoms with van der Waals surface area (Å²) in [5, 5.41) is 25.7. The highest BCUT2D eigenvalue weighted by Gasteiger charge is 2.19. The van der Waals surface area contributed by atoms with Gasteiger partial charge in [-0.3, -0.25) is 9.97 Å². The molecule has 0 amide bonds. The number of carboxylic acid groups (broad SMARTS) is 2. The van der Waals surface area contributed by atoms with Crippen molar-refractivity contribution in [1.29, 1.82) is 0 Å². The zero-order chi connectivity index (χ0) is 37.0. The highest BCUT2D eigenvalue weighted by atomic mass is 16.4. The van der Waals surface area contributed by atoms with Gasteiger partial charge in [0, 0.05) is 58.8 Å². The minimum Gasteiger partial charge on any atom is -0.478 e. The molecule has 0 saturated carbocycles. The third kappa shape index (κ3) is 12.6. The van der Waals surface area contributed by atoms with Gasteiger partial charge in [-0.15, -0.1) is 0 Å². The molecule has 8 nitrogen and oxygen atoms in total. The number of nitrogens with zero attached hydrogens (tertiary/aromatic N) is 2. The van der Waals surface area contributed by atoms with Gasteiger partial charge in [0.15, 0.2) is 0 Å². The molecule has 0 spiro atoms.